The topological polar surface area (TPSA) is 62.1 Å². The molecule has 0 saturated carbocycles. The van der Waals surface area contributed by atoms with Gasteiger partial charge >= 0.3 is 0 Å². The molecule has 1 aliphatic rings. The van der Waals surface area contributed by atoms with Crippen LogP contribution in [0.4, 0.5) is 4.39 Å². The molecule has 1 aliphatic heterocycles. The van der Waals surface area contributed by atoms with Crippen LogP contribution in [0.25, 0.3) is 16.9 Å². The van der Waals surface area contributed by atoms with E-state index in [0.29, 0.717) is 13.1 Å². The second-order valence-electron chi connectivity index (χ2n) is 7.41. The number of aromatic nitrogens is 2. The van der Waals surface area contributed by atoms with Gasteiger partial charge in [0.05, 0.1) is 17.5 Å². The molecule has 7 heteroatoms. The van der Waals surface area contributed by atoms with E-state index in [0.717, 1.165) is 35.6 Å². The maximum atomic E-state index is 13.3. The molecule has 2 atom stereocenters. The number of rotatable bonds is 6. The van der Waals surface area contributed by atoms with E-state index in [9.17, 15) is 9.50 Å². The second-order valence-corrected chi connectivity index (χ2v) is 7.41. The van der Waals surface area contributed by atoms with E-state index in [2.05, 4.69) is 41.8 Å². The van der Waals surface area contributed by atoms with E-state index in [1.807, 2.05) is 6.20 Å². The summed E-state index contributed by atoms with van der Waals surface area (Å²) in [7, 11) is 0. The van der Waals surface area contributed by atoms with Crippen molar-refractivity contribution in [2.75, 3.05) is 19.6 Å². The molecule has 1 saturated heterocycles. The molecular formula is C22H26ClFN4O. The Kier molecular flexibility index (Phi) is 7.03. The highest BCUT2D eigenvalue weighted by atomic mass is 35.5. The third kappa shape index (κ3) is 5.03. The molecule has 0 bridgehead atoms. The van der Waals surface area contributed by atoms with E-state index in [1.54, 1.807) is 16.8 Å². The SMILES string of the molecule is Cc1ccc(-c2nn(-c3ccc(F)cc3)cc2CNCC2CNCC2O)cc1.Cl. The van der Waals surface area contributed by atoms with E-state index in [4.69, 9.17) is 5.10 Å². The predicted octanol–water partition coefficient (Wildman–Crippen LogP) is 3.08. The average molecular weight is 417 g/mol. The summed E-state index contributed by atoms with van der Waals surface area (Å²) >= 11 is 0. The van der Waals surface area contributed by atoms with Crippen molar-refractivity contribution in [3.05, 3.63) is 71.7 Å². The van der Waals surface area contributed by atoms with Crippen molar-refractivity contribution in [1.82, 2.24) is 20.4 Å². The van der Waals surface area contributed by atoms with Gasteiger partial charge in [-0.1, -0.05) is 29.8 Å². The highest BCUT2D eigenvalue weighted by Gasteiger charge is 2.24. The molecule has 1 aromatic heterocycles. The molecule has 3 aromatic rings. The van der Waals surface area contributed by atoms with Gasteiger partial charge in [0, 0.05) is 49.4 Å². The summed E-state index contributed by atoms with van der Waals surface area (Å²) in [6.07, 6.45) is 1.68. The summed E-state index contributed by atoms with van der Waals surface area (Å²) < 4.78 is 15.1. The first kappa shape index (κ1) is 21.5. The molecule has 5 nitrogen and oxygen atoms in total. The van der Waals surface area contributed by atoms with Crippen molar-refractivity contribution < 1.29 is 9.50 Å². The molecule has 1 fully saturated rings. The van der Waals surface area contributed by atoms with Gasteiger partial charge in [-0.05, 0) is 31.2 Å². The fourth-order valence-corrected chi connectivity index (χ4v) is 3.54. The number of hydrogen-bond acceptors (Lipinski definition) is 4. The van der Waals surface area contributed by atoms with Gasteiger partial charge in [0.15, 0.2) is 0 Å². The summed E-state index contributed by atoms with van der Waals surface area (Å²) in [6, 6.07) is 14.6. The monoisotopic (exact) mass is 416 g/mol. The maximum absolute atomic E-state index is 13.3. The quantitative estimate of drug-likeness (QED) is 0.578. The zero-order chi connectivity index (χ0) is 19.5. The number of benzene rings is 2. The van der Waals surface area contributed by atoms with Gasteiger partial charge < -0.3 is 15.7 Å². The minimum Gasteiger partial charge on any atom is -0.391 e. The Balaban J connectivity index is 0.00000240. The number of β-amino-alcohol motifs (C(OH)–C–C–N with tert-alkyl or cyclic N) is 1. The number of aliphatic hydroxyl groups is 1. The number of aliphatic hydroxyl groups excluding tert-OH is 1. The van der Waals surface area contributed by atoms with Crippen molar-refractivity contribution in [3.8, 4) is 16.9 Å². The van der Waals surface area contributed by atoms with Crippen molar-refractivity contribution in [3.63, 3.8) is 0 Å². The summed E-state index contributed by atoms with van der Waals surface area (Å²) in [4.78, 5) is 0. The lowest BCUT2D eigenvalue weighted by Gasteiger charge is -2.14. The number of aryl methyl sites for hydroxylation is 1. The summed E-state index contributed by atoms with van der Waals surface area (Å²) in [5, 5.41) is 21.4. The first-order chi connectivity index (χ1) is 13.6. The van der Waals surface area contributed by atoms with E-state index >= 15 is 0 Å². The lowest BCUT2D eigenvalue weighted by molar-refractivity contribution is 0.146. The lowest BCUT2D eigenvalue weighted by Crippen LogP contribution is -2.30. The maximum Gasteiger partial charge on any atom is 0.123 e. The van der Waals surface area contributed by atoms with Crippen molar-refractivity contribution in [2.24, 2.45) is 5.92 Å². The Morgan fingerprint density at radius 1 is 1.14 bits per heavy atom. The second kappa shape index (κ2) is 9.50. The van der Waals surface area contributed by atoms with E-state index in [1.165, 1.54) is 17.7 Å². The fraction of sp³-hybridized carbons (Fsp3) is 0.318. The van der Waals surface area contributed by atoms with Crippen molar-refractivity contribution in [2.45, 2.75) is 19.6 Å². The summed E-state index contributed by atoms with van der Waals surface area (Å²) in [5.74, 6) is -0.0461. The van der Waals surface area contributed by atoms with Gasteiger partial charge in [0.1, 0.15) is 5.82 Å². The Labute approximate surface area is 176 Å². The molecule has 0 spiro atoms. The summed E-state index contributed by atoms with van der Waals surface area (Å²) in [5.41, 5.74) is 5.03. The van der Waals surface area contributed by atoms with Crippen LogP contribution in [0.3, 0.4) is 0 Å². The van der Waals surface area contributed by atoms with Crippen LogP contribution in [0, 0.1) is 18.7 Å². The normalized spacial score (nSPS) is 18.6. The molecule has 29 heavy (non-hydrogen) atoms. The Bertz CT molecular complexity index is 927. The average Bonchev–Trinajstić information content (AvgIpc) is 3.30. The van der Waals surface area contributed by atoms with E-state index < -0.39 is 0 Å². The molecule has 0 amide bonds. The lowest BCUT2D eigenvalue weighted by atomic mass is 10.1. The zero-order valence-corrected chi connectivity index (χ0v) is 17.1. The Hall–Kier alpha value is -2.25. The molecule has 3 N–H and O–H groups in total. The van der Waals surface area contributed by atoms with Crippen LogP contribution in [-0.2, 0) is 6.54 Å². The standard InChI is InChI=1S/C22H25FN4O.ClH/c1-15-2-4-16(5-3-15)22-18(12-24-10-17-11-25-13-21(17)28)14-27(26-22)20-8-6-19(23)7-9-20;/h2-9,14,17,21,24-25,28H,10-13H2,1H3;1H. The smallest absolute Gasteiger partial charge is 0.123 e. The molecular weight excluding hydrogens is 391 g/mol. The van der Waals surface area contributed by atoms with Crippen LogP contribution in [0.5, 0.6) is 0 Å². The number of nitrogens with one attached hydrogen (secondary N) is 2. The van der Waals surface area contributed by atoms with Gasteiger partial charge in [-0.3, -0.25) is 0 Å². The van der Waals surface area contributed by atoms with E-state index in [-0.39, 0.29) is 30.2 Å². The van der Waals surface area contributed by atoms with Crippen molar-refractivity contribution in [1.29, 1.82) is 0 Å². The summed E-state index contributed by atoms with van der Waals surface area (Å²) in [6.45, 7) is 4.93. The van der Waals surface area contributed by atoms with Gasteiger partial charge in [-0.2, -0.15) is 5.10 Å². The molecule has 154 valence electrons. The number of nitrogens with zero attached hydrogens (tertiary/aromatic N) is 2. The zero-order valence-electron chi connectivity index (χ0n) is 16.3. The minimum atomic E-state index is -0.300. The minimum absolute atomic E-state index is 0. The Morgan fingerprint density at radius 2 is 1.86 bits per heavy atom. The molecule has 2 unspecified atom stereocenters. The van der Waals surface area contributed by atoms with Gasteiger partial charge in [-0.25, -0.2) is 9.07 Å². The third-order valence-electron chi connectivity index (χ3n) is 5.23. The number of hydrogen-bond donors (Lipinski definition) is 3. The van der Waals surface area contributed by atoms with Crippen LogP contribution in [0.2, 0.25) is 0 Å². The molecule has 2 heterocycles. The highest BCUT2D eigenvalue weighted by Crippen LogP contribution is 2.24. The Morgan fingerprint density at radius 3 is 2.52 bits per heavy atom. The molecule has 4 rings (SSSR count). The predicted molar refractivity (Wildman–Crippen MR) is 115 cm³/mol. The molecule has 2 aromatic carbocycles. The van der Waals surface area contributed by atoms with Crippen LogP contribution >= 0.6 is 12.4 Å². The largest absolute Gasteiger partial charge is 0.391 e. The first-order valence-electron chi connectivity index (χ1n) is 9.61. The molecule has 0 radical (unpaired) electrons. The van der Waals surface area contributed by atoms with Gasteiger partial charge in [0.2, 0.25) is 0 Å². The van der Waals surface area contributed by atoms with Crippen molar-refractivity contribution >= 4 is 12.4 Å². The van der Waals surface area contributed by atoms with Crippen LogP contribution in [0.15, 0.2) is 54.7 Å². The van der Waals surface area contributed by atoms with Crippen LogP contribution < -0.4 is 10.6 Å². The number of halogens is 2. The van der Waals surface area contributed by atoms with Crippen LogP contribution in [-0.4, -0.2) is 40.6 Å². The first-order valence-corrected chi connectivity index (χ1v) is 9.61. The van der Waals surface area contributed by atoms with Gasteiger partial charge in [0.25, 0.3) is 0 Å². The third-order valence-corrected chi connectivity index (χ3v) is 5.23. The van der Waals surface area contributed by atoms with Gasteiger partial charge in [-0.15, -0.1) is 12.4 Å². The highest BCUT2D eigenvalue weighted by molar-refractivity contribution is 5.85. The fourth-order valence-electron chi connectivity index (χ4n) is 3.54. The molecule has 0 aliphatic carbocycles. The van der Waals surface area contributed by atoms with Crippen LogP contribution in [0.1, 0.15) is 11.1 Å².